The second kappa shape index (κ2) is 14.6. The molecule has 2 aromatic carbocycles. The van der Waals surface area contributed by atoms with E-state index in [0.29, 0.717) is 45.0 Å². The summed E-state index contributed by atoms with van der Waals surface area (Å²) in [4.78, 5) is 51.1. The zero-order chi connectivity index (χ0) is 30.0. The van der Waals surface area contributed by atoms with Gasteiger partial charge in [0.05, 0.1) is 13.0 Å². The number of carbonyl (C=O) groups excluding carboxylic acids is 3. The molecule has 2 aliphatic heterocycles. The van der Waals surface area contributed by atoms with Crippen molar-refractivity contribution in [1.29, 1.82) is 0 Å². The molecule has 3 atom stereocenters. The van der Waals surface area contributed by atoms with E-state index in [1.54, 1.807) is 18.5 Å². The van der Waals surface area contributed by atoms with Crippen LogP contribution < -0.4 is 20.7 Å². The lowest BCUT2D eigenvalue weighted by Gasteiger charge is -2.34. The molecule has 10 heteroatoms. The first-order chi connectivity index (χ1) is 20.9. The molecule has 1 fully saturated rings. The van der Waals surface area contributed by atoms with Gasteiger partial charge >= 0.3 is 0 Å². The molecule has 3 N–H and O–H groups in total. The number of nitrogens with one attached hydrogen (secondary N) is 3. The highest BCUT2D eigenvalue weighted by atomic mass is 16.5. The van der Waals surface area contributed by atoms with Gasteiger partial charge in [0, 0.05) is 32.0 Å². The normalized spacial score (nSPS) is 21.9. The molecule has 0 saturated carbocycles. The summed E-state index contributed by atoms with van der Waals surface area (Å²) in [6.07, 6.45) is 6.80. The van der Waals surface area contributed by atoms with Crippen LogP contribution in [0, 0.1) is 12.8 Å². The van der Waals surface area contributed by atoms with Gasteiger partial charge in [0.25, 0.3) is 0 Å². The molecule has 1 aromatic heterocycles. The average Bonchev–Trinajstić information content (AvgIpc) is 3.03. The fourth-order valence-electron chi connectivity index (χ4n) is 5.64. The van der Waals surface area contributed by atoms with Gasteiger partial charge in [-0.2, -0.15) is 0 Å². The van der Waals surface area contributed by atoms with Crippen molar-refractivity contribution in [3.05, 3.63) is 83.7 Å². The molecule has 0 aliphatic carbocycles. The molecular formula is C33H40N6O4. The minimum atomic E-state index is -0.955. The van der Waals surface area contributed by atoms with E-state index < -0.39 is 18.0 Å². The van der Waals surface area contributed by atoms with E-state index in [0.717, 1.165) is 41.7 Å². The van der Waals surface area contributed by atoms with Crippen molar-refractivity contribution in [2.24, 2.45) is 5.92 Å². The van der Waals surface area contributed by atoms with Crippen LogP contribution in [0.5, 0.6) is 5.75 Å². The molecule has 0 spiro atoms. The van der Waals surface area contributed by atoms with E-state index in [1.165, 1.54) is 0 Å². The SMILES string of the molecule is Cc1ccc2cc1CNC(=O)[C@H](CCc1ccccc1)NC(=O)[C@@H](Nc1ncccn1)CC(=O)N1CCCC(CCO2)C1. The molecule has 0 radical (unpaired) electrons. The van der Waals surface area contributed by atoms with Crippen LogP contribution in [-0.4, -0.2) is 64.4 Å². The lowest BCUT2D eigenvalue weighted by molar-refractivity contribution is -0.136. The van der Waals surface area contributed by atoms with E-state index >= 15 is 0 Å². The Morgan fingerprint density at radius 2 is 1.81 bits per heavy atom. The Hall–Kier alpha value is -4.47. The summed E-state index contributed by atoms with van der Waals surface area (Å²) in [6.45, 7) is 4.12. The highest BCUT2D eigenvalue weighted by Gasteiger charge is 2.31. The largest absolute Gasteiger partial charge is 0.494 e. The lowest BCUT2D eigenvalue weighted by atomic mass is 9.94. The second-order valence-corrected chi connectivity index (χ2v) is 11.4. The minimum Gasteiger partial charge on any atom is -0.494 e. The smallest absolute Gasteiger partial charge is 0.243 e. The second-order valence-electron chi connectivity index (χ2n) is 11.4. The number of fused-ring (bicyclic) bond motifs is 4. The fraction of sp³-hybridized carbons (Fsp3) is 0.424. The minimum absolute atomic E-state index is 0.0793. The number of aryl methyl sites for hydroxylation is 2. The van der Waals surface area contributed by atoms with Gasteiger partial charge in [-0.15, -0.1) is 0 Å². The molecule has 3 amide bonds. The van der Waals surface area contributed by atoms with Crippen molar-refractivity contribution in [2.75, 3.05) is 25.0 Å². The van der Waals surface area contributed by atoms with E-state index in [-0.39, 0.29) is 24.2 Å². The Morgan fingerprint density at radius 3 is 2.63 bits per heavy atom. The summed E-state index contributed by atoms with van der Waals surface area (Å²) < 4.78 is 6.10. The summed E-state index contributed by atoms with van der Waals surface area (Å²) in [7, 11) is 0. The van der Waals surface area contributed by atoms with Crippen LogP contribution >= 0.6 is 0 Å². The molecule has 43 heavy (non-hydrogen) atoms. The van der Waals surface area contributed by atoms with Gasteiger partial charge < -0.3 is 25.6 Å². The zero-order valence-corrected chi connectivity index (χ0v) is 24.6. The molecule has 5 rings (SSSR count). The van der Waals surface area contributed by atoms with Gasteiger partial charge in [-0.25, -0.2) is 9.97 Å². The number of aromatic nitrogens is 2. The molecule has 1 saturated heterocycles. The van der Waals surface area contributed by atoms with Crippen LogP contribution in [0.15, 0.2) is 67.0 Å². The third-order valence-corrected chi connectivity index (χ3v) is 8.20. The maximum absolute atomic E-state index is 13.8. The van der Waals surface area contributed by atoms with Gasteiger partial charge in [0.15, 0.2) is 0 Å². The molecule has 3 heterocycles. The highest BCUT2D eigenvalue weighted by Crippen LogP contribution is 2.23. The summed E-state index contributed by atoms with van der Waals surface area (Å²) in [5, 5.41) is 9.01. The number of ether oxygens (including phenoxy) is 1. The first-order valence-electron chi connectivity index (χ1n) is 15.1. The number of carbonyl (C=O) groups is 3. The Kier molecular flexibility index (Phi) is 10.2. The Labute approximate surface area is 252 Å². The number of anilines is 1. The molecule has 2 aliphatic rings. The van der Waals surface area contributed by atoms with Gasteiger partial charge in [-0.3, -0.25) is 14.4 Å². The number of nitrogens with zero attached hydrogens (tertiary/aromatic N) is 3. The van der Waals surface area contributed by atoms with Crippen molar-refractivity contribution in [3.63, 3.8) is 0 Å². The molecule has 3 aromatic rings. The average molecular weight is 585 g/mol. The molecule has 1 unspecified atom stereocenters. The van der Waals surface area contributed by atoms with Crippen LogP contribution in [0.25, 0.3) is 0 Å². The zero-order valence-electron chi connectivity index (χ0n) is 24.6. The van der Waals surface area contributed by atoms with Gasteiger partial charge in [-0.1, -0.05) is 36.4 Å². The lowest BCUT2D eigenvalue weighted by Crippen LogP contribution is -2.52. The Morgan fingerprint density at radius 1 is 1.00 bits per heavy atom. The number of amides is 3. The van der Waals surface area contributed by atoms with E-state index in [4.69, 9.17) is 4.74 Å². The van der Waals surface area contributed by atoms with Crippen molar-refractivity contribution in [3.8, 4) is 5.75 Å². The fourth-order valence-corrected chi connectivity index (χ4v) is 5.64. The van der Waals surface area contributed by atoms with Crippen LogP contribution in [0.3, 0.4) is 0 Å². The number of piperidine rings is 1. The van der Waals surface area contributed by atoms with Crippen LogP contribution in [0.4, 0.5) is 5.95 Å². The number of rotatable bonds is 5. The van der Waals surface area contributed by atoms with Crippen LogP contribution in [-0.2, 0) is 27.3 Å². The van der Waals surface area contributed by atoms with E-state index in [9.17, 15) is 14.4 Å². The Balaban J connectivity index is 1.41. The third-order valence-electron chi connectivity index (χ3n) is 8.20. The molecule has 10 nitrogen and oxygen atoms in total. The molecular weight excluding hydrogens is 544 g/mol. The quantitative estimate of drug-likeness (QED) is 0.420. The number of hydrogen-bond donors (Lipinski definition) is 3. The van der Waals surface area contributed by atoms with Gasteiger partial charge in [0.1, 0.15) is 17.8 Å². The van der Waals surface area contributed by atoms with Crippen molar-refractivity contribution < 1.29 is 19.1 Å². The molecule has 4 bridgehead atoms. The highest BCUT2D eigenvalue weighted by molar-refractivity contribution is 5.94. The standard InChI is InChI=1S/C33H40N6O4/c1-23-10-12-27-19-26(23)21-36-31(41)28(13-11-24-7-3-2-4-8-24)37-32(42)29(38-33-34-15-6-16-35-33)20-30(40)39-17-5-9-25(22-39)14-18-43-27/h2-4,6-8,10,12,15-16,19,25,28-29H,5,9,11,13-14,17-18,20-22H2,1H3,(H,36,41)(H,37,42)(H,34,35,38)/t25?,28-,29-/m0/s1. The molecule has 226 valence electrons. The third kappa shape index (κ3) is 8.53. The van der Waals surface area contributed by atoms with Crippen molar-refractivity contribution >= 4 is 23.7 Å². The van der Waals surface area contributed by atoms with E-state index in [1.807, 2.05) is 60.4 Å². The van der Waals surface area contributed by atoms with Gasteiger partial charge in [-0.05, 0) is 79.8 Å². The van der Waals surface area contributed by atoms with Crippen LogP contribution in [0.2, 0.25) is 0 Å². The summed E-state index contributed by atoms with van der Waals surface area (Å²) in [5.74, 6) is 0.452. The summed E-state index contributed by atoms with van der Waals surface area (Å²) in [5.41, 5.74) is 3.06. The number of hydrogen-bond acceptors (Lipinski definition) is 7. The number of benzene rings is 2. The van der Waals surface area contributed by atoms with Gasteiger partial charge in [0.2, 0.25) is 23.7 Å². The van der Waals surface area contributed by atoms with Crippen molar-refractivity contribution in [1.82, 2.24) is 25.5 Å². The maximum Gasteiger partial charge on any atom is 0.243 e. The van der Waals surface area contributed by atoms with Crippen molar-refractivity contribution in [2.45, 2.75) is 64.1 Å². The summed E-state index contributed by atoms with van der Waals surface area (Å²) >= 11 is 0. The first-order valence-corrected chi connectivity index (χ1v) is 15.1. The topological polar surface area (TPSA) is 126 Å². The summed E-state index contributed by atoms with van der Waals surface area (Å²) in [6, 6.07) is 15.6. The maximum atomic E-state index is 13.8. The van der Waals surface area contributed by atoms with Crippen LogP contribution in [0.1, 0.15) is 48.8 Å². The monoisotopic (exact) mass is 584 g/mol. The Bertz CT molecular complexity index is 1390. The van der Waals surface area contributed by atoms with E-state index in [2.05, 4.69) is 25.9 Å². The predicted octanol–water partition coefficient (Wildman–Crippen LogP) is 3.41. The predicted molar refractivity (Wildman–Crippen MR) is 163 cm³/mol. The first kappa shape index (κ1) is 30.0.